The van der Waals surface area contributed by atoms with E-state index in [1.165, 1.54) is 0 Å². The van der Waals surface area contributed by atoms with Crippen LogP contribution in [0.15, 0.2) is 66.7 Å². The summed E-state index contributed by atoms with van der Waals surface area (Å²) in [6.07, 6.45) is 1.82. The van der Waals surface area contributed by atoms with Crippen molar-refractivity contribution < 1.29 is 9.53 Å². The molecule has 3 aromatic carbocycles. The highest BCUT2D eigenvalue weighted by molar-refractivity contribution is 6.31. The number of benzene rings is 3. The molecule has 0 aliphatic heterocycles. The normalized spacial score (nSPS) is 11.0. The fourth-order valence-corrected chi connectivity index (χ4v) is 3.89. The molecule has 0 unspecified atom stereocenters. The van der Waals surface area contributed by atoms with E-state index in [4.69, 9.17) is 32.9 Å². The Bertz CT molecular complexity index is 1250. The first-order valence-electron chi connectivity index (χ1n) is 10.9. The van der Waals surface area contributed by atoms with Gasteiger partial charge < -0.3 is 14.6 Å². The minimum Gasteiger partial charge on any atom is -0.494 e. The maximum Gasteiger partial charge on any atom is 0.251 e. The van der Waals surface area contributed by atoms with Crippen LogP contribution in [0, 0.1) is 6.92 Å². The molecule has 1 N–H and O–H groups in total. The number of carbonyl (C=O) groups excluding carboxylic acids is 1. The molecule has 0 spiro atoms. The van der Waals surface area contributed by atoms with Crippen LogP contribution in [0.2, 0.25) is 10.0 Å². The van der Waals surface area contributed by atoms with Crippen molar-refractivity contribution in [2.45, 2.75) is 32.9 Å². The standard InChI is InChI=1S/C26H25Cl2N3O2/c1-18-16-21(12-13-22(18)28)33-15-5-4-14-31-24-7-3-2-6-23(24)30-25(31)17-29-26(32)19-8-10-20(27)11-9-19/h2-3,6-13,16H,4-5,14-15,17H2,1H3,(H,29,32). The third-order valence-electron chi connectivity index (χ3n) is 5.42. The second-order valence-electron chi connectivity index (χ2n) is 7.82. The van der Waals surface area contributed by atoms with Crippen LogP contribution < -0.4 is 10.1 Å². The lowest BCUT2D eigenvalue weighted by atomic mass is 10.2. The number of aromatic nitrogens is 2. The molecule has 7 heteroatoms. The smallest absolute Gasteiger partial charge is 0.251 e. The quantitative estimate of drug-likeness (QED) is 0.279. The van der Waals surface area contributed by atoms with Crippen molar-refractivity contribution in [1.82, 2.24) is 14.9 Å². The van der Waals surface area contributed by atoms with Crippen molar-refractivity contribution in [3.8, 4) is 5.75 Å². The number of nitrogens with zero attached hydrogens (tertiary/aromatic N) is 2. The first-order valence-corrected chi connectivity index (χ1v) is 11.6. The number of para-hydroxylation sites is 2. The summed E-state index contributed by atoms with van der Waals surface area (Å²) < 4.78 is 8.04. The minimum absolute atomic E-state index is 0.156. The van der Waals surface area contributed by atoms with Crippen molar-refractivity contribution in [3.05, 3.63) is 93.7 Å². The van der Waals surface area contributed by atoms with E-state index in [1.54, 1.807) is 24.3 Å². The van der Waals surface area contributed by atoms with Crippen molar-refractivity contribution >= 4 is 40.1 Å². The van der Waals surface area contributed by atoms with Gasteiger partial charge in [-0.25, -0.2) is 4.98 Å². The van der Waals surface area contributed by atoms with Crippen LogP contribution in [-0.4, -0.2) is 22.1 Å². The Hall–Kier alpha value is -3.02. The van der Waals surface area contributed by atoms with E-state index < -0.39 is 0 Å². The predicted octanol–water partition coefficient (Wildman–Crippen LogP) is 6.44. The summed E-state index contributed by atoms with van der Waals surface area (Å²) in [5.41, 5.74) is 3.55. The third-order valence-corrected chi connectivity index (χ3v) is 6.10. The monoisotopic (exact) mass is 481 g/mol. The number of rotatable bonds is 9. The molecule has 0 atom stereocenters. The van der Waals surface area contributed by atoms with Crippen molar-refractivity contribution in [3.63, 3.8) is 0 Å². The number of carbonyl (C=O) groups is 1. The van der Waals surface area contributed by atoms with Crippen molar-refractivity contribution in [2.24, 2.45) is 0 Å². The van der Waals surface area contributed by atoms with E-state index in [1.807, 2.05) is 43.3 Å². The predicted molar refractivity (Wildman–Crippen MR) is 133 cm³/mol. The van der Waals surface area contributed by atoms with E-state index >= 15 is 0 Å². The van der Waals surface area contributed by atoms with Crippen molar-refractivity contribution in [2.75, 3.05) is 6.61 Å². The van der Waals surface area contributed by atoms with Gasteiger partial charge in [-0.15, -0.1) is 0 Å². The van der Waals surface area contributed by atoms with Gasteiger partial charge in [-0.2, -0.15) is 0 Å². The van der Waals surface area contributed by atoms with Gasteiger partial charge in [-0.05, 0) is 79.9 Å². The second kappa shape index (κ2) is 10.7. The Balaban J connectivity index is 1.37. The number of imidazole rings is 1. The fourth-order valence-electron chi connectivity index (χ4n) is 3.64. The first kappa shape index (κ1) is 23.1. The van der Waals surface area contributed by atoms with Gasteiger partial charge >= 0.3 is 0 Å². The Kier molecular flexibility index (Phi) is 7.53. The molecule has 33 heavy (non-hydrogen) atoms. The largest absolute Gasteiger partial charge is 0.494 e. The van der Waals surface area contributed by atoms with Crippen LogP contribution in [-0.2, 0) is 13.1 Å². The lowest BCUT2D eigenvalue weighted by molar-refractivity contribution is 0.0949. The molecule has 4 rings (SSSR count). The van der Waals surface area contributed by atoms with E-state index in [-0.39, 0.29) is 5.91 Å². The molecule has 1 heterocycles. The molecular formula is C26H25Cl2N3O2. The number of unbranched alkanes of at least 4 members (excludes halogenated alkanes) is 1. The number of halogens is 2. The molecule has 1 aromatic heterocycles. The van der Waals surface area contributed by atoms with Crippen LogP contribution in [0.5, 0.6) is 5.75 Å². The van der Waals surface area contributed by atoms with E-state index in [0.717, 1.165) is 52.6 Å². The Morgan fingerprint density at radius 2 is 1.82 bits per heavy atom. The molecule has 4 aromatic rings. The topological polar surface area (TPSA) is 56.1 Å². The lowest BCUT2D eigenvalue weighted by Gasteiger charge is -2.11. The molecule has 0 radical (unpaired) electrons. The molecule has 0 bridgehead atoms. The summed E-state index contributed by atoms with van der Waals surface area (Å²) in [4.78, 5) is 17.3. The third kappa shape index (κ3) is 5.86. The summed E-state index contributed by atoms with van der Waals surface area (Å²) in [5.74, 6) is 1.50. The Morgan fingerprint density at radius 3 is 2.61 bits per heavy atom. The van der Waals surface area contributed by atoms with Crippen LogP contribution in [0.1, 0.15) is 34.6 Å². The average Bonchev–Trinajstić information content (AvgIpc) is 3.17. The lowest BCUT2D eigenvalue weighted by Crippen LogP contribution is -2.24. The highest BCUT2D eigenvalue weighted by Crippen LogP contribution is 2.22. The minimum atomic E-state index is -0.156. The van der Waals surface area contributed by atoms with Gasteiger partial charge in [0.1, 0.15) is 11.6 Å². The van der Waals surface area contributed by atoms with E-state index in [9.17, 15) is 4.79 Å². The van der Waals surface area contributed by atoms with Gasteiger partial charge in [0.2, 0.25) is 0 Å². The average molecular weight is 482 g/mol. The van der Waals surface area contributed by atoms with Gasteiger partial charge in [0, 0.05) is 22.2 Å². The Morgan fingerprint density at radius 1 is 1.03 bits per heavy atom. The number of fused-ring (bicyclic) bond motifs is 1. The number of amides is 1. The van der Waals surface area contributed by atoms with Gasteiger partial charge in [0.25, 0.3) is 5.91 Å². The molecule has 170 valence electrons. The Labute approximate surface area is 203 Å². The maximum atomic E-state index is 12.5. The zero-order chi connectivity index (χ0) is 23.2. The van der Waals surface area contributed by atoms with E-state index in [0.29, 0.717) is 23.7 Å². The fraction of sp³-hybridized carbons (Fsp3) is 0.231. The molecule has 0 aliphatic carbocycles. The summed E-state index contributed by atoms with van der Waals surface area (Å²) in [5, 5.41) is 4.31. The number of aryl methyl sites for hydroxylation is 2. The van der Waals surface area contributed by atoms with Gasteiger partial charge in [-0.3, -0.25) is 4.79 Å². The van der Waals surface area contributed by atoms with Gasteiger partial charge in [0.05, 0.1) is 24.2 Å². The number of hydrogen-bond acceptors (Lipinski definition) is 3. The van der Waals surface area contributed by atoms with Crippen molar-refractivity contribution in [1.29, 1.82) is 0 Å². The number of ether oxygens (including phenoxy) is 1. The first-order chi connectivity index (χ1) is 16.0. The van der Waals surface area contributed by atoms with Gasteiger partial charge in [-0.1, -0.05) is 35.3 Å². The zero-order valence-electron chi connectivity index (χ0n) is 18.4. The molecule has 0 saturated heterocycles. The van der Waals surface area contributed by atoms with Crippen LogP contribution in [0.25, 0.3) is 11.0 Å². The molecule has 0 saturated carbocycles. The summed E-state index contributed by atoms with van der Waals surface area (Å²) in [6, 6.07) is 20.5. The maximum absolute atomic E-state index is 12.5. The highest BCUT2D eigenvalue weighted by Gasteiger charge is 2.12. The van der Waals surface area contributed by atoms with E-state index in [2.05, 4.69) is 16.0 Å². The zero-order valence-corrected chi connectivity index (χ0v) is 19.9. The molecule has 1 amide bonds. The molecular weight excluding hydrogens is 457 g/mol. The van der Waals surface area contributed by atoms with Gasteiger partial charge in [0.15, 0.2) is 0 Å². The summed E-state index contributed by atoms with van der Waals surface area (Å²) in [7, 11) is 0. The molecule has 0 fully saturated rings. The number of nitrogens with one attached hydrogen (secondary N) is 1. The van der Waals surface area contributed by atoms with Crippen LogP contribution >= 0.6 is 23.2 Å². The van der Waals surface area contributed by atoms with Crippen LogP contribution in [0.4, 0.5) is 0 Å². The SMILES string of the molecule is Cc1cc(OCCCCn2c(CNC(=O)c3ccc(Cl)cc3)nc3ccccc32)ccc1Cl. The van der Waals surface area contributed by atoms with Crippen LogP contribution in [0.3, 0.4) is 0 Å². The molecule has 5 nitrogen and oxygen atoms in total. The highest BCUT2D eigenvalue weighted by atomic mass is 35.5. The summed E-state index contributed by atoms with van der Waals surface area (Å²) >= 11 is 12.0. The second-order valence-corrected chi connectivity index (χ2v) is 8.67. The molecule has 0 aliphatic rings. The number of hydrogen-bond donors (Lipinski definition) is 1. The summed E-state index contributed by atoms with van der Waals surface area (Å²) in [6.45, 7) is 3.72.